The molecule has 21 heavy (non-hydrogen) atoms. The molecule has 0 unspecified atom stereocenters. The number of hydrogen-bond acceptors (Lipinski definition) is 6. The molecule has 2 rings (SSSR count). The lowest BCUT2D eigenvalue weighted by molar-refractivity contribution is 0.215. The van der Waals surface area contributed by atoms with E-state index in [1.54, 1.807) is 0 Å². The van der Waals surface area contributed by atoms with Crippen LogP contribution in [0.25, 0.3) is 0 Å². The maximum absolute atomic E-state index is 6.19. The molecule has 110 valence electrons. The first kappa shape index (κ1) is 15.1. The highest BCUT2D eigenvalue weighted by molar-refractivity contribution is 6.32. The second-order valence-electron chi connectivity index (χ2n) is 4.36. The van der Waals surface area contributed by atoms with Crippen LogP contribution in [-0.4, -0.2) is 23.3 Å². The SMILES string of the molecule is CO/N=C\c1c(N)ncnc1Oc1cc(C)c(C)cc1Cl. The number of ether oxygens (including phenoxy) is 1. The molecule has 2 aromatic rings. The van der Waals surface area contributed by atoms with Crippen LogP contribution in [0, 0.1) is 13.8 Å². The Bertz CT molecular complexity index is 689. The number of oxime groups is 1. The third-order valence-corrected chi connectivity index (χ3v) is 3.22. The molecular formula is C14H15ClN4O2. The summed E-state index contributed by atoms with van der Waals surface area (Å²) in [6.07, 6.45) is 2.70. The van der Waals surface area contributed by atoms with Gasteiger partial charge in [-0.3, -0.25) is 0 Å². The van der Waals surface area contributed by atoms with Gasteiger partial charge in [0.25, 0.3) is 0 Å². The van der Waals surface area contributed by atoms with Gasteiger partial charge in [-0.1, -0.05) is 16.8 Å². The number of halogens is 1. The van der Waals surface area contributed by atoms with Gasteiger partial charge in [-0.05, 0) is 37.1 Å². The molecule has 0 saturated heterocycles. The van der Waals surface area contributed by atoms with Gasteiger partial charge >= 0.3 is 0 Å². The Hall–Kier alpha value is -2.34. The lowest BCUT2D eigenvalue weighted by Crippen LogP contribution is -2.02. The lowest BCUT2D eigenvalue weighted by atomic mass is 10.1. The normalized spacial score (nSPS) is 10.9. The fourth-order valence-corrected chi connectivity index (χ4v) is 1.89. The van der Waals surface area contributed by atoms with Crippen molar-refractivity contribution < 1.29 is 9.57 Å². The average molecular weight is 307 g/mol. The van der Waals surface area contributed by atoms with Crippen molar-refractivity contribution in [2.24, 2.45) is 5.16 Å². The van der Waals surface area contributed by atoms with E-state index in [-0.39, 0.29) is 11.7 Å². The van der Waals surface area contributed by atoms with E-state index in [9.17, 15) is 0 Å². The highest BCUT2D eigenvalue weighted by atomic mass is 35.5. The van der Waals surface area contributed by atoms with Crippen LogP contribution in [0.1, 0.15) is 16.7 Å². The van der Waals surface area contributed by atoms with Crippen LogP contribution >= 0.6 is 11.6 Å². The highest BCUT2D eigenvalue weighted by Gasteiger charge is 2.13. The molecule has 0 aliphatic carbocycles. The van der Waals surface area contributed by atoms with E-state index in [0.29, 0.717) is 16.3 Å². The van der Waals surface area contributed by atoms with Crippen LogP contribution in [0.5, 0.6) is 11.6 Å². The molecule has 0 atom stereocenters. The zero-order valence-corrected chi connectivity index (χ0v) is 12.7. The summed E-state index contributed by atoms with van der Waals surface area (Å²) < 4.78 is 5.74. The largest absolute Gasteiger partial charge is 0.437 e. The molecule has 1 aromatic heterocycles. The molecular weight excluding hydrogens is 292 g/mol. The van der Waals surface area contributed by atoms with Crippen molar-refractivity contribution >= 4 is 23.6 Å². The molecule has 0 bridgehead atoms. The summed E-state index contributed by atoms with van der Waals surface area (Å²) in [6.45, 7) is 3.95. The van der Waals surface area contributed by atoms with Crippen molar-refractivity contribution in [3.8, 4) is 11.6 Å². The van der Waals surface area contributed by atoms with Crippen molar-refractivity contribution in [3.63, 3.8) is 0 Å². The van der Waals surface area contributed by atoms with Crippen molar-refractivity contribution in [3.05, 3.63) is 40.2 Å². The van der Waals surface area contributed by atoms with Crippen molar-refractivity contribution in [1.82, 2.24) is 9.97 Å². The number of nitrogen functional groups attached to an aromatic ring is 1. The number of aryl methyl sites for hydroxylation is 2. The van der Waals surface area contributed by atoms with E-state index in [0.717, 1.165) is 11.1 Å². The monoisotopic (exact) mass is 306 g/mol. The fourth-order valence-electron chi connectivity index (χ4n) is 1.64. The van der Waals surface area contributed by atoms with Crippen LogP contribution in [-0.2, 0) is 4.84 Å². The van der Waals surface area contributed by atoms with Gasteiger partial charge in [0, 0.05) is 0 Å². The van der Waals surface area contributed by atoms with E-state index in [4.69, 9.17) is 22.1 Å². The third kappa shape index (κ3) is 3.41. The van der Waals surface area contributed by atoms with Gasteiger partial charge in [-0.2, -0.15) is 0 Å². The maximum Gasteiger partial charge on any atom is 0.233 e. The highest BCUT2D eigenvalue weighted by Crippen LogP contribution is 2.32. The molecule has 0 spiro atoms. The molecule has 1 aromatic carbocycles. The van der Waals surface area contributed by atoms with E-state index in [2.05, 4.69) is 20.0 Å². The minimum atomic E-state index is 0.237. The van der Waals surface area contributed by atoms with Crippen LogP contribution in [0.4, 0.5) is 5.82 Å². The van der Waals surface area contributed by atoms with Crippen LogP contribution in [0.3, 0.4) is 0 Å². The van der Waals surface area contributed by atoms with Gasteiger partial charge in [-0.15, -0.1) is 0 Å². The number of hydrogen-bond donors (Lipinski definition) is 1. The topological polar surface area (TPSA) is 82.6 Å². The molecule has 0 fully saturated rings. The smallest absolute Gasteiger partial charge is 0.233 e. The lowest BCUT2D eigenvalue weighted by Gasteiger charge is -2.11. The van der Waals surface area contributed by atoms with Gasteiger partial charge in [0.05, 0.1) is 11.2 Å². The molecule has 0 aliphatic heterocycles. The molecule has 0 amide bonds. The second-order valence-corrected chi connectivity index (χ2v) is 4.77. The Morgan fingerprint density at radius 2 is 1.95 bits per heavy atom. The average Bonchev–Trinajstić information content (AvgIpc) is 2.44. The van der Waals surface area contributed by atoms with Crippen molar-refractivity contribution in [1.29, 1.82) is 0 Å². The Morgan fingerprint density at radius 3 is 2.67 bits per heavy atom. The summed E-state index contributed by atoms with van der Waals surface area (Å²) in [5.74, 6) is 0.985. The Balaban J connectivity index is 2.42. The number of nitrogens with zero attached hydrogens (tertiary/aromatic N) is 3. The molecule has 2 N–H and O–H groups in total. The van der Waals surface area contributed by atoms with E-state index in [1.165, 1.54) is 19.7 Å². The fraction of sp³-hybridized carbons (Fsp3) is 0.214. The number of benzene rings is 1. The van der Waals surface area contributed by atoms with Crippen LogP contribution < -0.4 is 10.5 Å². The summed E-state index contributed by atoms with van der Waals surface area (Å²) in [6, 6.07) is 3.67. The minimum Gasteiger partial charge on any atom is -0.437 e. The predicted molar refractivity (Wildman–Crippen MR) is 82.0 cm³/mol. The second kappa shape index (κ2) is 6.41. The molecule has 6 nitrogen and oxygen atoms in total. The van der Waals surface area contributed by atoms with E-state index in [1.807, 2.05) is 26.0 Å². The van der Waals surface area contributed by atoms with Crippen molar-refractivity contribution in [2.45, 2.75) is 13.8 Å². The van der Waals surface area contributed by atoms with Gasteiger partial charge < -0.3 is 15.3 Å². The first-order valence-electron chi connectivity index (χ1n) is 6.14. The Morgan fingerprint density at radius 1 is 1.24 bits per heavy atom. The summed E-state index contributed by atoms with van der Waals surface area (Å²) >= 11 is 6.19. The molecule has 0 saturated carbocycles. The standard InChI is InChI=1S/C14H15ClN4O2/c1-8-4-11(15)12(5-9(8)2)21-14-10(6-19-20-3)13(16)17-7-18-14/h4-7H,1-3H3,(H2,16,17,18)/b19-6-. The number of rotatable bonds is 4. The zero-order chi connectivity index (χ0) is 15.4. The minimum absolute atomic E-state index is 0.237. The summed E-state index contributed by atoms with van der Waals surface area (Å²) in [7, 11) is 1.43. The molecule has 1 heterocycles. The van der Waals surface area contributed by atoms with Crippen LogP contribution in [0.15, 0.2) is 23.6 Å². The molecule has 7 heteroatoms. The zero-order valence-electron chi connectivity index (χ0n) is 11.9. The van der Waals surface area contributed by atoms with E-state index < -0.39 is 0 Å². The van der Waals surface area contributed by atoms with Crippen LogP contribution in [0.2, 0.25) is 5.02 Å². The van der Waals surface area contributed by atoms with Gasteiger partial charge in [0.1, 0.15) is 30.6 Å². The quantitative estimate of drug-likeness (QED) is 0.693. The summed E-state index contributed by atoms with van der Waals surface area (Å²) in [4.78, 5) is 12.6. The van der Waals surface area contributed by atoms with Gasteiger partial charge in [0.15, 0.2) is 0 Å². The van der Waals surface area contributed by atoms with E-state index >= 15 is 0 Å². The van der Waals surface area contributed by atoms with Gasteiger partial charge in [0.2, 0.25) is 5.88 Å². The first-order chi connectivity index (χ1) is 10.0. The number of nitrogens with two attached hydrogens (primary N) is 1. The molecule has 0 radical (unpaired) electrons. The Kier molecular flexibility index (Phi) is 4.59. The maximum atomic E-state index is 6.19. The molecule has 0 aliphatic rings. The summed E-state index contributed by atoms with van der Waals surface area (Å²) in [5, 5.41) is 4.15. The predicted octanol–water partition coefficient (Wildman–Crippen LogP) is 3.10. The number of anilines is 1. The summed E-state index contributed by atoms with van der Waals surface area (Å²) in [5.41, 5.74) is 8.36. The Labute approximate surface area is 127 Å². The van der Waals surface area contributed by atoms with Crippen molar-refractivity contribution in [2.75, 3.05) is 12.8 Å². The number of aromatic nitrogens is 2. The first-order valence-corrected chi connectivity index (χ1v) is 6.52. The third-order valence-electron chi connectivity index (χ3n) is 2.92. The van der Waals surface area contributed by atoms with Gasteiger partial charge in [-0.25, -0.2) is 9.97 Å².